The average Bonchev–Trinajstić information content (AvgIpc) is 3.10. The van der Waals surface area contributed by atoms with Crippen LogP contribution in [0.2, 0.25) is 0 Å². The Balaban J connectivity index is 1.86. The number of nitrogens with one attached hydrogen (secondary N) is 2. The molecule has 0 aliphatic rings. The molecule has 0 saturated heterocycles. The standard InChI is InChI=1S/C15H11N5O4S/c1-8(11-6-7-12(25-11)20(23)24)16-19-15(22)13-9-4-2-3-5-10(9)14(21)18-17-13/h2-7H,1H3,(H,18,21)(H,19,22)/b16-8+. The van der Waals surface area contributed by atoms with Gasteiger partial charge in [-0.3, -0.25) is 19.7 Å². The lowest BCUT2D eigenvalue weighted by Gasteiger charge is -2.04. The second kappa shape index (κ2) is 6.61. The number of thiophene rings is 1. The van der Waals surface area contributed by atoms with Crippen molar-refractivity contribution in [1.29, 1.82) is 0 Å². The molecule has 0 radical (unpaired) electrons. The van der Waals surface area contributed by atoms with Crippen LogP contribution in [0.15, 0.2) is 46.3 Å². The Morgan fingerprint density at radius 2 is 2.00 bits per heavy atom. The van der Waals surface area contributed by atoms with E-state index in [1.807, 2.05) is 0 Å². The molecule has 0 spiro atoms. The highest BCUT2D eigenvalue weighted by molar-refractivity contribution is 7.17. The Labute approximate surface area is 144 Å². The maximum absolute atomic E-state index is 12.3. The Morgan fingerprint density at radius 1 is 1.28 bits per heavy atom. The second-order valence-corrected chi connectivity index (χ2v) is 6.04. The summed E-state index contributed by atoms with van der Waals surface area (Å²) in [5, 5.41) is 21.4. The van der Waals surface area contributed by atoms with Gasteiger partial charge in [-0.25, -0.2) is 10.5 Å². The third-order valence-electron chi connectivity index (χ3n) is 3.36. The largest absolute Gasteiger partial charge is 0.324 e. The number of carbonyl (C=O) groups is 1. The summed E-state index contributed by atoms with van der Waals surface area (Å²) in [4.78, 5) is 34.8. The van der Waals surface area contributed by atoms with Gasteiger partial charge in [-0.15, -0.1) is 0 Å². The molecular formula is C15H11N5O4S. The normalized spacial score (nSPS) is 11.5. The van der Waals surface area contributed by atoms with Crippen molar-refractivity contribution in [2.75, 3.05) is 0 Å². The molecule has 1 aromatic carbocycles. The quantitative estimate of drug-likeness (QED) is 0.419. The number of hydrazone groups is 1. The first-order chi connectivity index (χ1) is 12.0. The summed E-state index contributed by atoms with van der Waals surface area (Å²) >= 11 is 0.957. The van der Waals surface area contributed by atoms with Gasteiger partial charge in [0.1, 0.15) is 0 Å². The van der Waals surface area contributed by atoms with Gasteiger partial charge in [-0.1, -0.05) is 29.5 Å². The van der Waals surface area contributed by atoms with E-state index in [0.29, 0.717) is 21.4 Å². The zero-order valence-electron chi connectivity index (χ0n) is 12.8. The zero-order valence-corrected chi connectivity index (χ0v) is 13.7. The number of aromatic nitrogens is 2. The summed E-state index contributed by atoms with van der Waals surface area (Å²) in [5.41, 5.74) is 2.41. The van der Waals surface area contributed by atoms with Crippen molar-refractivity contribution in [3.63, 3.8) is 0 Å². The number of aromatic amines is 1. The van der Waals surface area contributed by atoms with Gasteiger partial charge < -0.3 is 0 Å². The molecule has 9 nitrogen and oxygen atoms in total. The van der Waals surface area contributed by atoms with Crippen LogP contribution in [0.4, 0.5) is 5.00 Å². The highest BCUT2D eigenvalue weighted by Gasteiger charge is 2.15. The van der Waals surface area contributed by atoms with Crippen LogP contribution < -0.4 is 11.0 Å². The Kier molecular flexibility index (Phi) is 4.35. The van der Waals surface area contributed by atoms with Gasteiger partial charge in [-0.2, -0.15) is 10.2 Å². The Morgan fingerprint density at radius 3 is 2.68 bits per heavy atom. The van der Waals surface area contributed by atoms with Crippen LogP contribution in [0, 0.1) is 10.1 Å². The molecule has 0 unspecified atom stereocenters. The predicted molar refractivity (Wildman–Crippen MR) is 93.0 cm³/mol. The van der Waals surface area contributed by atoms with Crippen LogP contribution in [0.5, 0.6) is 0 Å². The molecule has 126 valence electrons. The fraction of sp³-hybridized carbons (Fsp3) is 0.0667. The first kappa shape index (κ1) is 16.5. The number of benzene rings is 1. The highest BCUT2D eigenvalue weighted by atomic mass is 32.1. The van der Waals surface area contributed by atoms with Crippen LogP contribution in [-0.4, -0.2) is 26.7 Å². The van der Waals surface area contributed by atoms with E-state index in [0.717, 1.165) is 11.3 Å². The minimum absolute atomic E-state index is 0.0100. The van der Waals surface area contributed by atoms with E-state index in [9.17, 15) is 19.7 Å². The number of hydrogen-bond acceptors (Lipinski definition) is 7. The summed E-state index contributed by atoms with van der Waals surface area (Å²) in [6.45, 7) is 1.62. The number of nitrogens with zero attached hydrogens (tertiary/aromatic N) is 3. The zero-order chi connectivity index (χ0) is 18.0. The Hall–Kier alpha value is -3.40. The molecule has 2 aromatic heterocycles. The lowest BCUT2D eigenvalue weighted by molar-refractivity contribution is -0.380. The molecule has 1 amide bonds. The van der Waals surface area contributed by atoms with E-state index >= 15 is 0 Å². The topological polar surface area (TPSA) is 130 Å². The fourth-order valence-electron chi connectivity index (χ4n) is 2.15. The van der Waals surface area contributed by atoms with Crippen LogP contribution in [0.3, 0.4) is 0 Å². The van der Waals surface area contributed by atoms with Crippen LogP contribution in [0.1, 0.15) is 22.3 Å². The summed E-state index contributed by atoms with van der Waals surface area (Å²) in [6.07, 6.45) is 0. The molecule has 0 aliphatic heterocycles. The fourth-order valence-corrected chi connectivity index (χ4v) is 2.92. The van der Waals surface area contributed by atoms with E-state index in [2.05, 4.69) is 20.7 Å². The van der Waals surface area contributed by atoms with Gasteiger partial charge in [0, 0.05) is 11.5 Å². The van der Waals surface area contributed by atoms with Gasteiger partial charge in [0.05, 0.1) is 20.9 Å². The summed E-state index contributed by atoms with van der Waals surface area (Å²) in [5.74, 6) is -0.599. The second-order valence-electron chi connectivity index (χ2n) is 4.98. The average molecular weight is 357 g/mol. The van der Waals surface area contributed by atoms with Gasteiger partial charge in [-0.05, 0) is 19.1 Å². The maximum atomic E-state index is 12.3. The van der Waals surface area contributed by atoms with Crippen molar-refractivity contribution < 1.29 is 9.72 Å². The maximum Gasteiger partial charge on any atom is 0.324 e. The number of hydrogen-bond donors (Lipinski definition) is 2. The molecule has 2 heterocycles. The number of amides is 1. The van der Waals surface area contributed by atoms with E-state index < -0.39 is 16.4 Å². The van der Waals surface area contributed by atoms with Crippen LogP contribution in [-0.2, 0) is 0 Å². The monoisotopic (exact) mass is 357 g/mol. The van der Waals surface area contributed by atoms with E-state index in [-0.39, 0.29) is 10.7 Å². The molecule has 2 N–H and O–H groups in total. The Bertz CT molecular complexity index is 1070. The summed E-state index contributed by atoms with van der Waals surface area (Å²) in [6, 6.07) is 9.52. The molecule has 0 atom stereocenters. The number of carbonyl (C=O) groups excluding carboxylic acids is 1. The minimum atomic E-state index is -0.599. The summed E-state index contributed by atoms with van der Waals surface area (Å²) < 4.78 is 0. The predicted octanol–water partition coefficient (Wildman–Crippen LogP) is 2.05. The lowest BCUT2D eigenvalue weighted by atomic mass is 10.1. The van der Waals surface area contributed by atoms with Crippen molar-refractivity contribution in [1.82, 2.24) is 15.6 Å². The SMILES string of the molecule is C/C(=N\NC(=O)c1n[nH]c(=O)c2ccccc12)c1ccc([N+](=O)[O-])s1. The van der Waals surface area contributed by atoms with Gasteiger partial charge in [0.25, 0.3) is 11.5 Å². The number of nitro groups is 1. The number of fused-ring (bicyclic) bond motifs is 1. The lowest BCUT2D eigenvalue weighted by Crippen LogP contribution is -2.23. The van der Waals surface area contributed by atoms with Gasteiger partial charge in [0.2, 0.25) is 0 Å². The van der Waals surface area contributed by atoms with Crippen LogP contribution in [0.25, 0.3) is 10.8 Å². The molecule has 3 aromatic rings. The third-order valence-corrected chi connectivity index (χ3v) is 4.51. The van der Waals surface area contributed by atoms with Crippen molar-refractivity contribution >= 4 is 38.7 Å². The van der Waals surface area contributed by atoms with E-state index in [1.54, 1.807) is 37.3 Å². The van der Waals surface area contributed by atoms with Crippen molar-refractivity contribution in [3.8, 4) is 0 Å². The molecule has 0 aliphatic carbocycles. The van der Waals surface area contributed by atoms with Crippen molar-refractivity contribution in [3.05, 3.63) is 67.4 Å². The summed E-state index contributed by atoms with van der Waals surface area (Å²) in [7, 11) is 0. The van der Waals surface area contributed by atoms with Gasteiger partial charge in [0.15, 0.2) is 5.69 Å². The van der Waals surface area contributed by atoms with Crippen molar-refractivity contribution in [2.45, 2.75) is 6.92 Å². The van der Waals surface area contributed by atoms with Gasteiger partial charge >= 0.3 is 5.00 Å². The molecule has 3 rings (SSSR count). The molecule has 10 heteroatoms. The molecule has 0 saturated carbocycles. The van der Waals surface area contributed by atoms with E-state index in [1.165, 1.54) is 6.07 Å². The molecule has 0 bridgehead atoms. The van der Waals surface area contributed by atoms with Crippen molar-refractivity contribution in [2.24, 2.45) is 5.10 Å². The number of rotatable bonds is 4. The number of H-pyrrole nitrogens is 1. The highest BCUT2D eigenvalue weighted by Crippen LogP contribution is 2.24. The smallest absolute Gasteiger partial charge is 0.267 e. The first-order valence-electron chi connectivity index (χ1n) is 7.04. The molecule has 0 fully saturated rings. The molecule has 25 heavy (non-hydrogen) atoms. The minimum Gasteiger partial charge on any atom is -0.267 e. The first-order valence-corrected chi connectivity index (χ1v) is 7.85. The van der Waals surface area contributed by atoms with Crippen LogP contribution >= 0.6 is 11.3 Å². The molecular weight excluding hydrogens is 346 g/mol. The van der Waals surface area contributed by atoms with E-state index in [4.69, 9.17) is 0 Å². The third kappa shape index (κ3) is 3.28.